The number of amides is 1. The fourth-order valence-corrected chi connectivity index (χ4v) is 4.48. The molecule has 3 aromatic rings. The van der Waals surface area contributed by atoms with Crippen molar-refractivity contribution in [1.29, 1.82) is 0 Å². The van der Waals surface area contributed by atoms with Crippen LogP contribution in [-0.2, 0) is 4.79 Å². The average molecular weight is 432 g/mol. The van der Waals surface area contributed by atoms with Gasteiger partial charge in [-0.05, 0) is 49.2 Å². The molecular formula is C20H15Cl2N3O2S. The van der Waals surface area contributed by atoms with Crippen LogP contribution >= 0.6 is 34.5 Å². The number of aromatic nitrogens is 1. The summed E-state index contributed by atoms with van der Waals surface area (Å²) in [6.45, 7) is 0.0551. The first-order valence-electron chi connectivity index (χ1n) is 8.85. The molecule has 1 aliphatic carbocycles. The van der Waals surface area contributed by atoms with Gasteiger partial charge in [0.2, 0.25) is 0 Å². The lowest BCUT2D eigenvalue weighted by Crippen LogP contribution is -2.25. The minimum atomic E-state index is -0.139. The maximum Gasteiger partial charge on any atom is 0.262 e. The molecule has 0 atom stereocenters. The molecule has 0 saturated heterocycles. The van der Waals surface area contributed by atoms with E-state index in [1.807, 2.05) is 24.3 Å². The van der Waals surface area contributed by atoms with Gasteiger partial charge in [0.05, 0.1) is 27.1 Å². The molecule has 142 valence electrons. The van der Waals surface area contributed by atoms with E-state index in [0.29, 0.717) is 27.5 Å². The number of carbonyl (C=O) groups is 1. The molecular weight excluding hydrogens is 417 g/mol. The summed E-state index contributed by atoms with van der Waals surface area (Å²) in [4.78, 5) is 17.3. The first kappa shape index (κ1) is 17.8. The van der Waals surface area contributed by atoms with Crippen LogP contribution in [0, 0.1) is 0 Å². The van der Waals surface area contributed by atoms with Gasteiger partial charge < -0.3 is 14.6 Å². The van der Waals surface area contributed by atoms with Crippen molar-refractivity contribution < 1.29 is 9.53 Å². The minimum absolute atomic E-state index is 0.0551. The van der Waals surface area contributed by atoms with E-state index >= 15 is 0 Å². The van der Waals surface area contributed by atoms with Crippen LogP contribution in [0.1, 0.15) is 18.9 Å². The Balaban J connectivity index is 1.60. The molecule has 1 aromatic heterocycles. The first-order chi connectivity index (χ1) is 13.6. The third-order valence-corrected chi connectivity index (χ3v) is 6.27. The van der Waals surface area contributed by atoms with Crippen LogP contribution in [0.15, 0.2) is 46.8 Å². The van der Waals surface area contributed by atoms with Crippen LogP contribution in [0.3, 0.4) is 0 Å². The lowest BCUT2D eigenvalue weighted by atomic mass is 10.1. The number of nitrogens with zero attached hydrogens (tertiary/aromatic N) is 2. The maximum atomic E-state index is 11.6. The summed E-state index contributed by atoms with van der Waals surface area (Å²) in [5.41, 5.74) is 3.56. The number of thiazole rings is 1. The average Bonchev–Trinajstić information content (AvgIpc) is 3.44. The summed E-state index contributed by atoms with van der Waals surface area (Å²) in [6.07, 6.45) is 2.26. The van der Waals surface area contributed by atoms with Crippen molar-refractivity contribution in [3.05, 3.63) is 56.6 Å². The van der Waals surface area contributed by atoms with Crippen molar-refractivity contribution in [2.24, 2.45) is 4.99 Å². The van der Waals surface area contributed by atoms with Crippen LogP contribution < -0.4 is 14.9 Å². The molecule has 1 aliphatic heterocycles. The Morgan fingerprint density at radius 1 is 1.14 bits per heavy atom. The van der Waals surface area contributed by atoms with Crippen molar-refractivity contribution in [1.82, 2.24) is 4.57 Å². The minimum Gasteiger partial charge on any atom is -0.482 e. The zero-order chi connectivity index (χ0) is 19.3. The van der Waals surface area contributed by atoms with Gasteiger partial charge >= 0.3 is 0 Å². The number of ether oxygens (including phenoxy) is 1. The van der Waals surface area contributed by atoms with Gasteiger partial charge in [-0.15, -0.1) is 11.3 Å². The highest BCUT2D eigenvalue weighted by molar-refractivity contribution is 7.07. The van der Waals surface area contributed by atoms with Crippen LogP contribution in [0.5, 0.6) is 5.75 Å². The van der Waals surface area contributed by atoms with Gasteiger partial charge in [-0.2, -0.15) is 0 Å². The molecule has 8 heteroatoms. The normalized spacial score (nSPS) is 16.5. The lowest BCUT2D eigenvalue weighted by Gasteiger charge is -2.19. The first-order valence-corrected chi connectivity index (χ1v) is 10.5. The number of anilines is 1. The fraction of sp³-hybridized carbons (Fsp3) is 0.200. The van der Waals surface area contributed by atoms with Gasteiger partial charge in [-0.3, -0.25) is 4.79 Å². The second-order valence-electron chi connectivity index (χ2n) is 6.76. The summed E-state index contributed by atoms with van der Waals surface area (Å²) < 4.78 is 7.73. The quantitative estimate of drug-likeness (QED) is 0.601. The molecule has 0 bridgehead atoms. The largest absolute Gasteiger partial charge is 0.482 e. The third-order valence-electron chi connectivity index (χ3n) is 4.69. The molecule has 5 rings (SSSR count). The zero-order valence-electron chi connectivity index (χ0n) is 14.6. The van der Waals surface area contributed by atoms with Crippen LogP contribution in [-0.4, -0.2) is 17.1 Å². The molecule has 1 N–H and O–H groups in total. The number of benzene rings is 2. The second-order valence-corrected chi connectivity index (χ2v) is 8.41. The van der Waals surface area contributed by atoms with Crippen molar-refractivity contribution in [2.75, 3.05) is 11.9 Å². The van der Waals surface area contributed by atoms with E-state index < -0.39 is 0 Å². The van der Waals surface area contributed by atoms with E-state index in [4.69, 9.17) is 32.9 Å². The summed E-state index contributed by atoms with van der Waals surface area (Å²) in [7, 11) is 0. The van der Waals surface area contributed by atoms with Crippen LogP contribution in [0.25, 0.3) is 11.3 Å². The Labute approximate surface area is 175 Å². The van der Waals surface area contributed by atoms with E-state index in [1.54, 1.807) is 23.5 Å². The number of fused-ring (bicyclic) bond motifs is 1. The Kier molecular flexibility index (Phi) is 4.42. The molecule has 2 heterocycles. The molecule has 0 radical (unpaired) electrons. The number of nitrogens with one attached hydrogen (secondary N) is 1. The van der Waals surface area contributed by atoms with Crippen molar-refractivity contribution >= 4 is 51.8 Å². The standard InChI is InChI=1S/C20H15Cl2N3O2S/c21-14-5-2-12(8-15(14)22)23-20-25(13-3-4-13)17(10-28-20)11-1-6-18-16(7-11)24-19(26)9-27-18/h1-2,5-8,10,13H,3-4,9H2,(H,24,26). The van der Waals surface area contributed by atoms with Gasteiger partial charge in [0.15, 0.2) is 11.4 Å². The van der Waals surface area contributed by atoms with E-state index in [-0.39, 0.29) is 12.5 Å². The van der Waals surface area contributed by atoms with Gasteiger partial charge in [0.1, 0.15) is 5.75 Å². The molecule has 0 spiro atoms. The Morgan fingerprint density at radius 3 is 2.79 bits per heavy atom. The highest BCUT2D eigenvalue weighted by Gasteiger charge is 2.28. The predicted molar refractivity (Wildman–Crippen MR) is 112 cm³/mol. The molecule has 2 aromatic carbocycles. The number of rotatable bonds is 3. The van der Waals surface area contributed by atoms with Crippen molar-refractivity contribution in [3.63, 3.8) is 0 Å². The van der Waals surface area contributed by atoms with Crippen LogP contribution in [0.4, 0.5) is 11.4 Å². The number of carbonyl (C=O) groups excluding carboxylic acids is 1. The van der Waals surface area contributed by atoms with Crippen molar-refractivity contribution in [2.45, 2.75) is 18.9 Å². The summed E-state index contributed by atoms with van der Waals surface area (Å²) in [5.74, 6) is 0.553. The van der Waals surface area contributed by atoms with E-state index in [0.717, 1.165) is 34.6 Å². The Bertz CT molecular complexity index is 1160. The molecule has 1 saturated carbocycles. The third kappa shape index (κ3) is 3.32. The molecule has 1 fully saturated rings. The van der Waals surface area contributed by atoms with E-state index in [2.05, 4.69) is 15.3 Å². The molecule has 0 unspecified atom stereocenters. The molecule has 1 amide bonds. The zero-order valence-corrected chi connectivity index (χ0v) is 16.9. The highest BCUT2D eigenvalue weighted by atomic mass is 35.5. The Hall–Kier alpha value is -2.28. The molecule has 28 heavy (non-hydrogen) atoms. The van der Waals surface area contributed by atoms with E-state index in [1.165, 1.54) is 0 Å². The monoisotopic (exact) mass is 431 g/mol. The summed E-state index contributed by atoms with van der Waals surface area (Å²) >= 11 is 13.7. The van der Waals surface area contributed by atoms with Crippen molar-refractivity contribution in [3.8, 4) is 17.0 Å². The number of hydrogen-bond acceptors (Lipinski definition) is 4. The number of hydrogen-bond donors (Lipinski definition) is 1. The van der Waals surface area contributed by atoms with Crippen LogP contribution in [0.2, 0.25) is 10.0 Å². The van der Waals surface area contributed by atoms with Gasteiger partial charge in [0, 0.05) is 17.0 Å². The van der Waals surface area contributed by atoms with E-state index in [9.17, 15) is 4.79 Å². The van der Waals surface area contributed by atoms with Gasteiger partial charge in [0.25, 0.3) is 5.91 Å². The predicted octanol–water partition coefficient (Wildman–Crippen LogP) is 5.42. The topological polar surface area (TPSA) is 55.6 Å². The lowest BCUT2D eigenvalue weighted by molar-refractivity contribution is -0.118. The molecule has 5 nitrogen and oxygen atoms in total. The van der Waals surface area contributed by atoms with Gasteiger partial charge in [-0.25, -0.2) is 4.99 Å². The van der Waals surface area contributed by atoms with Gasteiger partial charge in [-0.1, -0.05) is 23.2 Å². The smallest absolute Gasteiger partial charge is 0.262 e. The fourth-order valence-electron chi connectivity index (χ4n) is 3.21. The SMILES string of the molecule is O=C1COc2ccc(-c3csc(=Nc4ccc(Cl)c(Cl)c4)n3C3CC3)cc2N1. The summed E-state index contributed by atoms with van der Waals surface area (Å²) in [6, 6.07) is 11.7. The maximum absolute atomic E-state index is 11.6. The second kappa shape index (κ2) is 6.95. The molecule has 2 aliphatic rings. The highest BCUT2D eigenvalue weighted by Crippen LogP contribution is 2.40. The Morgan fingerprint density at radius 2 is 2.00 bits per heavy atom. The number of halogens is 2. The summed E-state index contributed by atoms with van der Waals surface area (Å²) in [5, 5.41) is 5.97.